The van der Waals surface area contributed by atoms with Gasteiger partial charge in [0.05, 0.1) is 6.04 Å². The smallest absolute Gasteiger partial charge is 0.239 e. The molecule has 2 N–H and O–H groups in total. The topological polar surface area (TPSA) is 49.6 Å². The molecule has 1 rings (SSSR count). The quantitative estimate of drug-likeness (QED) is 0.778. The number of amides is 1. The van der Waals surface area contributed by atoms with E-state index in [0.717, 1.165) is 31.9 Å². The molecule has 0 aromatic heterocycles. The van der Waals surface area contributed by atoms with Crippen molar-refractivity contribution in [3.63, 3.8) is 0 Å². The van der Waals surface area contributed by atoms with Crippen molar-refractivity contribution in [1.29, 1.82) is 0 Å². The summed E-state index contributed by atoms with van der Waals surface area (Å²) in [6, 6.07) is 7.75. The van der Waals surface area contributed by atoms with Crippen LogP contribution in [-0.2, 0) is 11.3 Å². The molecule has 1 unspecified atom stereocenters. The Hall–Kier alpha value is -1.55. The molecule has 4 heteroatoms. The van der Waals surface area contributed by atoms with Gasteiger partial charge in [-0.2, -0.15) is 0 Å². The van der Waals surface area contributed by atoms with Gasteiger partial charge >= 0.3 is 0 Å². The molecule has 0 saturated heterocycles. The SMILES string of the molecule is CCN(CC)C(=O)C(C)N(CC)Cc1ccc(N)cc1. The third kappa shape index (κ3) is 4.23. The fraction of sp³-hybridized carbons (Fsp3) is 0.562. The highest BCUT2D eigenvalue weighted by molar-refractivity contribution is 5.81. The normalized spacial score (nSPS) is 12.4. The lowest BCUT2D eigenvalue weighted by molar-refractivity contribution is -0.136. The second-order valence-electron chi connectivity index (χ2n) is 4.99. The fourth-order valence-electron chi connectivity index (χ4n) is 2.34. The van der Waals surface area contributed by atoms with E-state index in [9.17, 15) is 4.79 Å². The Labute approximate surface area is 122 Å². The number of carbonyl (C=O) groups excluding carboxylic acids is 1. The molecule has 0 heterocycles. The summed E-state index contributed by atoms with van der Waals surface area (Å²) in [4.78, 5) is 16.5. The predicted molar refractivity (Wildman–Crippen MR) is 84.3 cm³/mol. The third-order valence-corrected chi connectivity index (χ3v) is 3.75. The number of carbonyl (C=O) groups is 1. The molecule has 1 aromatic carbocycles. The first kappa shape index (κ1) is 16.5. The van der Waals surface area contributed by atoms with Gasteiger partial charge in [-0.15, -0.1) is 0 Å². The average molecular weight is 277 g/mol. The van der Waals surface area contributed by atoms with E-state index in [4.69, 9.17) is 5.73 Å². The van der Waals surface area contributed by atoms with E-state index < -0.39 is 0 Å². The molecule has 0 aliphatic rings. The molecule has 4 nitrogen and oxygen atoms in total. The summed E-state index contributed by atoms with van der Waals surface area (Å²) in [6.45, 7) is 11.3. The van der Waals surface area contributed by atoms with Crippen LogP contribution in [0.1, 0.15) is 33.3 Å². The van der Waals surface area contributed by atoms with Crippen LogP contribution < -0.4 is 5.73 Å². The summed E-state index contributed by atoms with van der Waals surface area (Å²) in [5.74, 6) is 0.201. The largest absolute Gasteiger partial charge is 0.399 e. The van der Waals surface area contributed by atoms with E-state index in [2.05, 4.69) is 11.8 Å². The van der Waals surface area contributed by atoms with E-state index in [-0.39, 0.29) is 11.9 Å². The van der Waals surface area contributed by atoms with Crippen molar-refractivity contribution in [1.82, 2.24) is 9.80 Å². The van der Waals surface area contributed by atoms with Gasteiger partial charge in [0.15, 0.2) is 0 Å². The summed E-state index contributed by atoms with van der Waals surface area (Å²) >= 11 is 0. The number of likely N-dealkylation sites (N-methyl/N-ethyl adjacent to an activating group) is 2. The Morgan fingerprint density at radius 2 is 1.65 bits per heavy atom. The van der Waals surface area contributed by atoms with Crippen molar-refractivity contribution < 1.29 is 4.79 Å². The van der Waals surface area contributed by atoms with Gasteiger partial charge in [-0.25, -0.2) is 0 Å². The highest BCUT2D eigenvalue weighted by atomic mass is 16.2. The van der Waals surface area contributed by atoms with Crippen molar-refractivity contribution in [2.45, 2.75) is 40.3 Å². The minimum absolute atomic E-state index is 0.0996. The molecule has 0 spiro atoms. The number of hydrogen-bond donors (Lipinski definition) is 1. The number of nitrogens with two attached hydrogens (primary N) is 1. The monoisotopic (exact) mass is 277 g/mol. The van der Waals surface area contributed by atoms with Crippen LogP contribution in [0.4, 0.5) is 5.69 Å². The Balaban J connectivity index is 2.74. The zero-order valence-corrected chi connectivity index (χ0v) is 13.1. The number of benzene rings is 1. The molecule has 1 amide bonds. The van der Waals surface area contributed by atoms with E-state index >= 15 is 0 Å². The number of nitrogens with zero attached hydrogens (tertiary/aromatic N) is 2. The first-order valence-corrected chi connectivity index (χ1v) is 7.40. The van der Waals surface area contributed by atoms with Crippen molar-refractivity contribution in [2.75, 3.05) is 25.4 Å². The standard InChI is InChI=1S/C16H27N3O/c1-5-18(6-2)16(20)13(4)19(7-3)12-14-8-10-15(17)11-9-14/h8-11,13H,5-7,12,17H2,1-4H3. The molecule has 0 aliphatic heterocycles. The highest BCUT2D eigenvalue weighted by Gasteiger charge is 2.23. The van der Waals surface area contributed by atoms with Crippen LogP contribution in [0.2, 0.25) is 0 Å². The van der Waals surface area contributed by atoms with E-state index in [1.807, 2.05) is 49.9 Å². The van der Waals surface area contributed by atoms with Crippen molar-refractivity contribution in [3.05, 3.63) is 29.8 Å². The van der Waals surface area contributed by atoms with Gasteiger partial charge in [-0.1, -0.05) is 19.1 Å². The minimum Gasteiger partial charge on any atom is -0.399 e. The molecule has 0 aliphatic carbocycles. The lowest BCUT2D eigenvalue weighted by atomic mass is 10.1. The van der Waals surface area contributed by atoms with Crippen LogP contribution in [0.15, 0.2) is 24.3 Å². The van der Waals surface area contributed by atoms with Crippen molar-refractivity contribution >= 4 is 11.6 Å². The molecular weight excluding hydrogens is 250 g/mol. The number of hydrogen-bond acceptors (Lipinski definition) is 3. The van der Waals surface area contributed by atoms with Gasteiger partial charge < -0.3 is 10.6 Å². The Bertz CT molecular complexity index is 412. The van der Waals surface area contributed by atoms with E-state index in [1.54, 1.807) is 0 Å². The second kappa shape index (κ2) is 7.90. The maximum atomic E-state index is 12.4. The molecule has 0 bridgehead atoms. The van der Waals surface area contributed by atoms with E-state index in [0.29, 0.717) is 0 Å². The first-order valence-electron chi connectivity index (χ1n) is 7.40. The molecular formula is C16H27N3O. The Morgan fingerprint density at radius 3 is 2.10 bits per heavy atom. The van der Waals surface area contributed by atoms with Gasteiger partial charge in [0.1, 0.15) is 0 Å². The molecule has 0 fully saturated rings. The summed E-state index contributed by atoms with van der Waals surface area (Å²) in [6.07, 6.45) is 0. The molecule has 1 aromatic rings. The lowest BCUT2D eigenvalue weighted by Crippen LogP contribution is -2.46. The second-order valence-corrected chi connectivity index (χ2v) is 4.99. The fourth-order valence-corrected chi connectivity index (χ4v) is 2.34. The number of nitrogen functional groups attached to an aromatic ring is 1. The number of anilines is 1. The van der Waals surface area contributed by atoms with Gasteiger partial charge in [0, 0.05) is 25.3 Å². The van der Waals surface area contributed by atoms with Gasteiger partial charge in [0.25, 0.3) is 0 Å². The summed E-state index contributed by atoms with van der Waals surface area (Å²) in [5.41, 5.74) is 7.65. The van der Waals surface area contributed by atoms with Crippen molar-refractivity contribution in [2.24, 2.45) is 0 Å². The molecule has 0 radical (unpaired) electrons. The maximum absolute atomic E-state index is 12.4. The van der Waals surface area contributed by atoms with Gasteiger partial charge in [-0.05, 0) is 45.0 Å². The first-order chi connectivity index (χ1) is 9.53. The third-order valence-electron chi connectivity index (χ3n) is 3.75. The van der Waals surface area contributed by atoms with Crippen LogP contribution in [0.25, 0.3) is 0 Å². The lowest BCUT2D eigenvalue weighted by Gasteiger charge is -2.31. The molecule has 20 heavy (non-hydrogen) atoms. The van der Waals surface area contributed by atoms with Crippen LogP contribution in [0.5, 0.6) is 0 Å². The molecule has 112 valence electrons. The molecule has 1 atom stereocenters. The average Bonchev–Trinajstić information content (AvgIpc) is 2.47. The van der Waals surface area contributed by atoms with Crippen LogP contribution >= 0.6 is 0 Å². The summed E-state index contributed by atoms with van der Waals surface area (Å²) in [7, 11) is 0. The summed E-state index contributed by atoms with van der Waals surface area (Å²) in [5, 5.41) is 0. The van der Waals surface area contributed by atoms with Crippen LogP contribution in [0.3, 0.4) is 0 Å². The zero-order chi connectivity index (χ0) is 15.1. The van der Waals surface area contributed by atoms with Crippen LogP contribution in [-0.4, -0.2) is 41.4 Å². The zero-order valence-electron chi connectivity index (χ0n) is 13.1. The molecule has 0 saturated carbocycles. The van der Waals surface area contributed by atoms with Gasteiger partial charge in [0.2, 0.25) is 5.91 Å². The van der Waals surface area contributed by atoms with Crippen LogP contribution in [0, 0.1) is 0 Å². The minimum atomic E-state index is -0.0996. The Morgan fingerprint density at radius 1 is 1.10 bits per heavy atom. The van der Waals surface area contributed by atoms with Gasteiger partial charge in [-0.3, -0.25) is 9.69 Å². The Kier molecular flexibility index (Phi) is 6.52. The maximum Gasteiger partial charge on any atom is 0.239 e. The summed E-state index contributed by atoms with van der Waals surface area (Å²) < 4.78 is 0. The van der Waals surface area contributed by atoms with Crippen molar-refractivity contribution in [3.8, 4) is 0 Å². The van der Waals surface area contributed by atoms with E-state index in [1.165, 1.54) is 5.56 Å². The predicted octanol–water partition coefficient (Wildman–Crippen LogP) is 2.35. The number of rotatable bonds is 7. The highest BCUT2D eigenvalue weighted by Crippen LogP contribution is 2.12.